The minimum atomic E-state index is -0.258. The maximum absolute atomic E-state index is 13.0. The number of hydrogen-bond donors (Lipinski definition) is 2. The lowest BCUT2D eigenvalue weighted by atomic mass is 9.95. The van der Waals surface area contributed by atoms with E-state index in [9.17, 15) is 9.18 Å². The first kappa shape index (κ1) is 14.9. The Morgan fingerprint density at radius 1 is 1.45 bits per heavy atom. The van der Waals surface area contributed by atoms with Crippen LogP contribution in [0.2, 0.25) is 0 Å². The topological polar surface area (TPSA) is 58.4 Å². The molecule has 0 bridgehead atoms. The van der Waals surface area contributed by atoms with Crippen molar-refractivity contribution in [2.24, 2.45) is 5.73 Å². The molecule has 1 amide bonds. The fourth-order valence-electron chi connectivity index (χ4n) is 2.92. The van der Waals surface area contributed by atoms with Crippen LogP contribution in [0.5, 0.6) is 0 Å². The zero-order valence-electron chi connectivity index (χ0n) is 11.8. The lowest BCUT2D eigenvalue weighted by Gasteiger charge is -2.40. The summed E-state index contributed by atoms with van der Waals surface area (Å²) in [6.07, 6.45) is 2.96. The quantitative estimate of drug-likeness (QED) is 0.876. The van der Waals surface area contributed by atoms with Crippen LogP contribution >= 0.6 is 0 Å². The minimum Gasteiger partial charge on any atom is -0.358 e. The SMILES string of the molecule is CNC(=O)C1CCCCN1C(CN)c1ccc(F)cc1. The number of likely N-dealkylation sites (tertiary alicyclic amines) is 1. The van der Waals surface area contributed by atoms with Crippen LogP contribution in [-0.4, -0.2) is 37.0 Å². The molecule has 1 saturated heterocycles. The molecular weight excluding hydrogens is 257 g/mol. The van der Waals surface area contributed by atoms with E-state index in [1.165, 1.54) is 12.1 Å². The normalized spacial score (nSPS) is 21.4. The summed E-state index contributed by atoms with van der Waals surface area (Å²) >= 11 is 0. The molecule has 3 N–H and O–H groups in total. The highest BCUT2D eigenvalue weighted by molar-refractivity contribution is 5.81. The van der Waals surface area contributed by atoms with Gasteiger partial charge in [0.15, 0.2) is 0 Å². The number of benzene rings is 1. The van der Waals surface area contributed by atoms with Crippen molar-refractivity contribution in [1.82, 2.24) is 10.2 Å². The highest BCUT2D eigenvalue weighted by Crippen LogP contribution is 2.28. The molecule has 0 saturated carbocycles. The molecule has 5 heteroatoms. The summed E-state index contributed by atoms with van der Waals surface area (Å²) in [5, 5.41) is 2.72. The van der Waals surface area contributed by atoms with Gasteiger partial charge in [-0.3, -0.25) is 9.69 Å². The fraction of sp³-hybridized carbons (Fsp3) is 0.533. The molecule has 4 nitrogen and oxygen atoms in total. The standard InChI is InChI=1S/C15H22FN3O/c1-18-15(20)13-4-2-3-9-19(13)14(10-17)11-5-7-12(16)8-6-11/h5-8,13-14H,2-4,9-10,17H2,1H3,(H,18,20). The summed E-state index contributed by atoms with van der Waals surface area (Å²) in [6, 6.07) is 6.20. The second-order valence-corrected chi connectivity index (χ2v) is 5.17. The Labute approximate surface area is 119 Å². The van der Waals surface area contributed by atoms with Crippen LogP contribution in [0.15, 0.2) is 24.3 Å². The number of carbonyl (C=O) groups is 1. The molecular formula is C15H22FN3O. The van der Waals surface area contributed by atoms with Crippen molar-refractivity contribution in [2.45, 2.75) is 31.3 Å². The van der Waals surface area contributed by atoms with E-state index in [0.717, 1.165) is 31.4 Å². The van der Waals surface area contributed by atoms with E-state index in [4.69, 9.17) is 5.73 Å². The van der Waals surface area contributed by atoms with Crippen LogP contribution in [0.1, 0.15) is 30.9 Å². The average Bonchev–Trinajstić information content (AvgIpc) is 2.49. The maximum Gasteiger partial charge on any atom is 0.237 e. The molecule has 1 heterocycles. The van der Waals surface area contributed by atoms with Crippen molar-refractivity contribution >= 4 is 5.91 Å². The summed E-state index contributed by atoms with van der Waals surface area (Å²) in [4.78, 5) is 14.2. The molecule has 2 rings (SSSR count). The zero-order chi connectivity index (χ0) is 14.5. The Hall–Kier alpha value is -1.46. The van der Waals surface area contributed by atoms with E-state index in [1.807, 2.05) is 0 Å². The Balaban J connectivity index is 2.23. The largest absolute Gasteiger partial charge is 0.358 e. The number of likely N-dealkylation sites (N-methyl/N-ethyl adjacent to an activating group) is 1. The Morgan fingerprint density at radius 2 is 2.15 bits per heavy atom. The van der Waals surface area contributed by atoms with Crippen LogP contribution in [0.25, 0.3) is 0 Å². The van der Waals surface area contributed by atoms with Gasteiger partial charge >= 0.3 is 0 Å². The molecule has 0 aliphatic carbocycles. The smallest absolute Gasteiger partial charge is 0.237 e. The maximum atomic E-state index is 13.0. The Bertz CT molecular complexity index is 449. The number of piperidine rings is 1. The number of hydrogen-bond acceptors (Lipinski definition) is 3. The van der Waals surface area contributed by atoms with E-state index >= 15 is 0 Å². The number of nitrogens with two attached hydrogens (primary N) is 1. The van der Waals surface area contributed by atoms with Crippen LogP contribution in [0.3, 0.4) is 0 Å². The summed E-state index contributed by atoms with van der Waals surface area (Å²) in [7, 11) is 1.66. The molecule has 0 spiro atoms. The monoisotopic (exact) mass is 279 g/mol. The third-order valence-corrected chi connectivity index (χ3v) is 3.97. The summed E-state index contributed by atoms with van der Waals surface area (Å²) in [5.41, 5.74) is 6.87. The van der Waals surface area contributed by atoms with E-state index in [-0.39, 0.29) is 23.8 Å². The van der Waals surface area contributed by atoms with Crippen LogP contribution in [-0.2, 0) is 4.79 Å². The van der Waals surface area contributed by atoms with Gasteiger partial charge in [0.2, 0.25) is 5.91 Å². The van der Waals surface area contributed by atoms with Crippen molar-refractivity contribution in [3.8, 4) is 0 Å². The second-order valence-electron chi connectivity index (χ2n) is 5.17. The van der Waals surface area contributed by atoms with Gasteiger partial charge in [0, 0.05) is 19.6 Å². The molecule has 0 radical (unpaired) electrons. The molecule has 1 aliphatic rings. The first-order chi connectivity index (χ1) is 9.67. The van der Waals surface area contributed by atoms with Gasteiger partial charge in [0.25, 0.3) is 0 Å². The van der Waals surface area contributed by atoms with Crippen molar-refractivity contribution < 1.29 is 9.18 Å². The summed E-state index contributed by atoms with van der Waals surface area (Å²) in [5.74, 6) is -0.226. The van der Waals surface area contributed by atoms with Crippen molar-refractivity contribution in [3.05, 3.63) is 35.6 Å². The fourth-order valence-corrected chi connectivity index (χ4v) is 2.92. The van der Waals surface area contributed by atoms with Crippen molar-refractivity contribution in [1.29, 1.82) is 0 Å². The van der Waals surface area contributed by atoms with Gasteiger partial charge in [0.1, 0.15) is 5.82 Å². The molecule has 1 aromatic carbocycles. The van der Waals surface area contributed by atoms with Gasteiger partial charge in [-0.2, -0.15) is 0 Å². The molecule has 1 fully saturated rings. The number of carbonyl (C=O) groups excluding carboxylic acids is 1. The van der Waals surface area contributed by atoms with E-state index in [0.29, 0.717) is 6.54 Å². The number of amides is 1. The van der Waals surface area contributed by atoms with E-state index in [2.05, 4.69) is 10.2 Å². The molecule has 0 aromatic heterocycles. The third kappa shape index (κ3) is 3.16. The predicted octanol–water partition coefficient (Wildman–Crippen LogP) is 1.43. The highest BCUT2D eigenvalue weighted by atomic mass is 19.1. The van der Waals surface area contributed by atoms with Gasteiger partial charge in [-0.15, -0.1) is 0 Å². The molecule has 2 atom stereocenters. The highest BCUT2D eigenvalue weighted by Gasteiger charge is 2.33. The van der Waals surface area contributed by atoms with Gasteiger partial charge in [0.05, 0.1) is 6.04 Å². The minimum absolute atomic E-state index is 0.0326. The first-order valence-electron chi connectivity index (χ1n) is 7.10. The second kappa shape index (κ2) is 6.81. The number of rotatable bonds is 4. The first-order valence-corrected chi connectivity index (χ1v) is 7.10. The average molecular weight is 279 g/mol. The van der Waals surface area contributed by atoms with Crippen LogP contribution < -0.4 is 11.1 Å². The Kier molecular flexibility index (Phi) is 5.09. The number of nitrogens with zero attached hydrogens (tertiary/aromatic N) is 1. The molecule has 1 aliphatic heterocycles. The molecule has 1 aromatic rings. The van der Waals surface area contributed by atoms with E-state index in [1.54, 1.807) is 19.2 Å². The molecule has 20 heavy (non-hydrogen) atoms. The van der Waals surface area contributed by atoms with Crippen molar-refractivity contribution in [2.75, 3.05) is 20.1 Å². The Morgan fingerprint density at radius 3 is 2.75 bits per heavy atom. The number of nitrogens with one attached hydrogen (secondary N) is 1. The van der Waals surface area contributed by atoms with Crippen molar-refractivity contribution in [3.63, 3.8) is 0 Å². The van der Waals surface area contributed by atoms with E-state index < -0.39 is 0 Å². The number of halogens is 1. The molecule has 2 unspecified atom stereocenters. The van der Waals surface area contributed by atoms with Gasteiger partial charge in [-0.25, -0.2) is 4.39 Å². The lowest BCUT2D eigenvalue weighted by Crippen LogP contribution is -2.51. The lowest BCUT2D eigenvalue weighted by molar-refractivity contribution is -0.128. The predicted molar refractivity (Wildman–Crippen MR) is 76.6 cm³/mol. The molecule has 110 valence electrons. The van der Waals surface area contributed by atoms with Crippen LogP contribution in [0.4, 0.5) is 4.39 Å². The van der Waals surface area contributed by atoms with Crippen LogP contribution in [0, 0.1) is 5.82 Å². The van der Waals surface area contributed by atoms with Gasteiger partial charge in [-0.05, 0) is 37.1 Å². The summed E-state index contributed by atoms with van der Waals surface area (Å²) < 4.78 is 13.0. The zero-order valence-corrected chi connectivity index (χ0v) is 11.8. The van der Waals surface area contributed by atoms with Gasteiger partial charge in [-0.1, -0.05) is 18.6 Å². The summed E-state index contributed by atoms with van der Waals surface area (Å²) in [6.45, 7) is 1.26. The third-order valence-electron chi connectivity index (χ3n) is 3.97. The van der Waals surface area contributed by atoms with Gasteiger partial charge < -0.3 is 11.1 Å².